The van der Waals surface area contributed by atoms with Gasteiger partial charge in [0, 0.05) is 13.0 Å². The normalized spacial score (nSPS) is 16.8. The fourth-order valence-corrected chi connectivity index (χ4v) is 1.59. The Bertz CT molecular complexity index is 208. The molecule has 2 N–H and O–H groups in total. The van der Waals surface area contributed by atoms with Gasteiger partial charge in [0.25, 0.3) is 0 Å². The van der Waals surface area contributed by atoms with E-state index in [0.717, 1.165) is 12.8 Å². The maximum absolute atomic E-state index is 11.2. The van der Waals surface area contributed by atoms with Crippen LogP contribution in [0.3, 0.4) is 0 Å². The molecule has 0 spiro atoms. The fraction of sp³-hybridized carbons (Fsp3) is 0.917. The van der Waals surface area contributed by atoms with Gasteiger partial charge in [-0.1, -0.05) is 13.8 Å². The van der Waals surface area contributed by atoms with Gasteiger partial charge in [-0.3, -0.25) is 4.79 Å². The molecule has 0 aromatic rings. The van der Waals surface area contributed by atoms with E-state index >= 15 is 0 Å². The minimum atomic E-state index is -0.886. The van der Waals surface area contributed by atoms with E-state index in [2.05, 4.69) is 5.32 Å². The van der Waals surface area contributed by atoms with Gasteiger partial charge in [0.1, 0.15) is 5.54 Å². The Balaban J connectivity index is 4.25. The smallest absolute Gasteiger partial charge is 0.323 e. The molecular weight excluding hydrogens is 206 g/mol. The van der Waals surface area contributed by atoms with E-state index in [-0.39, 0.29) is 6.10 Å². The second-order valence-corrected chi connectivity index (χ2v) is 4.45. The molecule has 0 heterocycles. The molecule has 2 unspecified atom stereocenters. The number of hydrogen-bond donors (Lipinski definition) is 2. The minimum Gasteiger partial charge on any atom is -0.480 e. The molecule has 2 atom stereocenters. The summed E-state index contributed by atoms with van der Waals surface area (Å²) in [5.41, 5.74) is -0.886. The first-order valence-corrected chi connectivity index (χ1v) is 6.06. The van der Waals surface area contributed by atoms with Gasteiger partial charge in [-0.25, -0.2) is 0 Å². The molecule has 0 fully saturated rings. The maximum Gasteiger partial charge on any atom is 0.323 e. The van der Waals surface area contributed by atoms with Crippen LogP contribution in [0.4, 0.5) is 0 Å². The highest BCUT2D eigenvalue weighted by molar-refractivity contribution is 5.78. The van der Waals surface area contributed by atoms with Gasteiger partial charge >= 0.3 is 5.97 Å². The average Bonchev–Trinajstić information content (AvgIpc) is 2.23. The Labute approximate surface area is 98.4 Å². The Morgan fingerprint density at radius 2 is 2.06 bits per heavy atom. The van der Waals surface area contributed by atoms with Crippen molar-refractivity contribution in [3.63, 3.8) is 0 Å². The molecule has 0 aliphatic rings. The van der Waals surface area contributed by atoms with Crippen molar-refractivity contribution in [2.75, 3.05) is 13.2 Å². The fourth-order valence-electron chi connectivity index (χ4n) is 1.59. The van der Waals surface area contributed by atoms with E-state index in [1.807, 2.05) is 20.8 Å². The zero-order valence-corrected chi connectivity index (χ0v) is 10.9. The lowest BCUT2D eigenvalue weighted by molar-refractivity contribution is -0.145. The number of hydrogen-bond acceptors (Lipinski definition) is 3. The number of nitrogens with one attached hydrogen (secondary N) is 1. The number of ether oxygens (including phenoxy) is 1. The number of carbonyl (C=O) groups is 1. The lowest BCUT2D eigenvalue weighted by atomic mass is 9.94. The first-order chi connectivity index (χ1) is 7.46. The van der Waals surface area contributed by atoms with Gasteiger partial charge in [-0.05, 0) is 33.2 Å². The number of carboxylic acids is 1. The highest BCUT2D eigenvalue weighted by atomic mass is 16.5. The highest BCUT2D eigenvalue weighted by Gasteiger charge is 2.34. The average molecular weight is 231 g/mol. The molecule has 0 aliphatic carbocycles. The number of rotatable bonds is 9. The van der Waals surface area contributed by atoms with Crippen LogP contribution in [0, 0.1) is 0 Å². The summed E-state index contributed by atoms with van der Waals surface area (Å²) in [6.07, 6.45) is 2.33. The summed E-state index contributed by atoms with van der Waals surface area (Å²) in [5.74, 6) is -0.812. The van der Waals surface area contributed by atoms with E-state index in [1.165, 1.54) is 0 Å². The van der Waals surface area contributed by atoms with Crippen molar-refractivity contribution in [3.8, 4) is 0 Å². The van der Waals surface area contributed by atoms with Gasteiger partial charge in [0.05, 0.1) is 6.10 Å². The molecule has 4 nitrogen and oxygen atoms in total. The molecule has 0 aromatic heterocycles. The van der Waals surface area contributed by atoms with Crippen molar-refractivity contribution in [1.29, 1.82) is 0 Å². The second kappa shape index (κ2) is 7.63. The van der Waals surface area contributed by atoms with Crippen LogP contribution in [0.1, 0.15) is 47.0 Å². The zero-order chi connectivity index (χ0) is 12.6. The van der Waals surface area contributed by atoms with Gasteiger partial charge in [-0.15, -0.1) is 0 Å². The lowest BCUT2D eigenvalue weighted by Gasteiger charge is -2.29. The third kappa shape index (κ3) is 5.47. The third-order valence-electron chi connectivity index (χ3n) is 2.54. The molecule has 0 saturated carbocycles. The monoisotopic (exact) mass is 231 g/mol. The molecule has 0 radical (unpaired) electrons. The lowest BCUT2D eigenvalue weighted by Crippen LogP contribution is -2.51. The molecule has 96 valence electrons. The van der Waals surface area contributed by atoms with Crippen LogP contribution in [0.25, 0.3) is 0 Å². The molecule has 4 heteroatoms. The van der Waals surface area contributed by atoms with Gasteiger partial charge in [-0.2, -0.15) is 0 Å². The van der Waals surface area contributed by atoms with Crippen molar-refractivity contribution in [3.05, 3.63) is 0 Å². The largest absolute Gasteiger partial charge is 0.480 e. The SMILES string of the molecule is CCCNC(C)(CC(C)OCCC)C(=O)O. The van der Waals surface area contributed by atoms with Gasteiger partial charge in [0.15, 0.2) is 0 Å². The van der Waals surface area contributed by atoms with E-state index in [0.29, 0.717) is 19.6 Å². The van der Waals surface area contributed by atoms with Crippen LogP contribution in [0.15, 0.2) is 0 Å². The summed E-state index contributed by atoms with van der Waals surface area (Å²) in [6, 6.07) is 0. The summed E-state index contributed by atoms with van der Waals surface area (Å²) < 4.78 is 5.51. The molecule has 0 aromatic carbocycles. The van der Waals surface area contributed by atoms with Crippen molar-refractivity contribution >= 4 is 5.97 Å². The highest BCUT2D eigenvalue weighted by Crippen LogP contribution is 2.15. The van der Waals surface area contributed by atoms with E-state index in [4.69, 9.17) is 4.74 Å². The van der Waals surface area contributed by atoms with E-state index in [9.17, 15) is 9.90 Å². The Kier molecular flexibility index (Phi) is 7.34. The predicted octanol–water partition coefficient (Wildman–Crippen LogP) is 2.03. The molecule has 16 heavy (non-hydrogen) atoms. The van der Waals surface area contributed by atoms with Crippen LogP contribution in [0.2, 0.25) is 0 Å². The molecule has 0 bridgehead atoms. The van der Waals surface area contributed by atoms with Crippen LogP contribution in [-0.2, 0) is 9.53 Å². The number of carboxylic acid groups (broad SMARTS) is 1. The summed E-state index contributed by atoms with van der Waals surface area (Å²) in [5, 5.41) is 12.3. The topological polar surface area (TPSA) is 58.6 Å². The van der Waals surface area contributed by atoms with Crippen molar-refractivity contribution in [2.24, 2.45) is 0 Å². The molecule has 0 saturated heterocycles. The third-order valence-corrected chi connectivity index (χ3v) is 2.54. The van der Waals surface area contributed by atoms with E-state index in [1.54, 1.807) is 6.92 Å². The number of aliphatic carboxylic acids is 1. The molecular formula is C12H25NO3. The maximum atomic E-state index is 11.2. The second-order valence-electron chi connectivity index (χ2n) is 4.45. The standard InChI is InChI=1S/C12H25NO3/c1-5-7-13-12(4,11(14)15)9-10(3)16-8-6-2/h10,13H,5-9H2,1-4H3,(H,14,15). The summed E-state index contributed by atoms with van der Waals surface area (Å²) in [6.45, 7) is 9.10. The quantitative estimate of drug-likeness (QED) is 0.637. The summed E-state index contributed by atoms with van der Waals surface area (Å²) >= 11 is 0. The molecule has 0 aliphatic heterocycles. The van der Waals surface area contributed by atoms with Gasteiger partial charge in [0.2, 0.25) is 0 Å². The van der Waals surface area contributed by atoms with Crippen molar-refractivity contribution < 1.29 is 14.6 Å². The van der Waals surface area contributed by atoms with Gasteiger partial charge < -0.3 is 15.2 Å². The zero-order valence-electron chi connectivity index (χ0n) is 10.9. The van der Waals surface area contributed by atoms with Crippen molar-refractivity contribution in [2.45, 2.75) is 58.6 Å². The Hall–Kier alpha value is -0.610. The van der Waals surface area contributed by atoms with Crippen LogP contribution >= 0.6 is 0 Å². The first-order valence-electron chi connectivity index (χ1n) is 6.06. The van der Waals surface area contributed by atoms with Crippen LogP contribution < -0.4 is 5.32 Å². The minimum absolute atomic E-state index is 0.0367. The summed E-state index contributed by atoms with van der Waals surface area (Å²) in [4.78, 5) is 11.2. The van der Waals surface area contributed by atoms with Crippen LogP contribution in [-0.4, -0.2) is 35.9 Å². The summed E-state index contributed by atoms with van der Waals surface area (Å²) in [7, 11) is 0. The van der Waals surface area contributed by atoms with E-state index < -0.39 is 11.5 Å². The first kappa shape index (κ1) is 15.4. The Morgan fingerprint density at radius 1 is 1.44 bits per heavy atom. The van der Waals surface area contributed by atoms with Crippen molar-refractivity contribution in [1.82, 2.24) is 5.32 Å². The van der Waals surface area contributed by atoms with Crippen LogP contribution in [0.5, 0.6) is 0 Å². The Morgan fingerprint density at radius 3 is 2.50 bits per heavy atom. The molecule has 0 rings (SSSR count). The predicted molar refractivity (Wildman–Crippen MR) is 64.7 cm³/mol. The molecule has 0 amide bonds.